The topological polar surface area (TPSA) is 24.9 Å². The highest BCUT2D eigenvalue weighted by atomic mass is 19.1. The first kappa shape index (κ1) is 13.7. The molecule has 0 fully saturated rings. The number of pyridine rings is 1. The van der Waals surface area contributed by atoms with Crippen LogP contribution in [-0.2, 0) is 6.42 Å². The molecular weight excluding hydrogens is 239 g/mol. The molecule has 19 heavy (non-hydrogen) atoms. The number of nitrogens with zero attached hydrogens (tertiary/aromatic N) is 1. The number of halogens is 1. The highest BCUT2D eigenvalue weighted by Crippen LogP contribution is 2.13. The van der Waals surface area contributed by atoms with Crippen LogP contribution in [0.4, 0.5) is 4.39 Å². The van der Waals surface area contributed by atoms with E-state index in [0.717, 1.165) is 12.0 Å². The molecule has 2 rings (SSSR count). The second-order valence-corrected chi connectivity index (χ2v) is 4.90. The van der Waals surface area contributed by atoms with E-state index in [0.29, 0.717) is 0 Å². The summed E-state index contributed by atoms with van der Waals surface area (Å²) in [5.41, 5.74) is 2.23. The van der Waals surface area contributed by atoms with Crippen molar-refractivity contribution in [3.05, 3.63) is 65.7 Å². The predicted molar refractivity (Wildman–Crippen MR) is 75.4 cm³/mol. The molecular formula is C16H19FN2. The lowest BCUT2D eigenvalue weighted by molar-refractivity contribution is 0.476. The Labute approximate surface area is 113 Å². The molecule has 1 N–H and O–H groups in total. The van der Waals surface area contributed by atoms with Crippen LogP contribution in [0.2, 0.25) is 0 Å². The van der Waals surface area contributed by atoms with E-state index in [2.05, 4.69) is 24.1 Å². The van der Waals surface area contributed by atoms with Gasteiger partial charge in [-0.3, -0.25) is 4.98 Å². The van der Waals surface area contributed by atoms with Crippen molar-refractivity contribution < 1.29 is 4.39 Å². The second kappa shape index (κ2) is 6.43. The van der Waals surface area contributed by atoms with E-state index < -0.39 is 0 Å². The van der Waals surface area contributed by atoms with Gasteiger partial charge in [0.25, 0.3) is 0 Å². The van der Waals surface area contributed by atoms with Crippen molar-refractivity contribution in [2.45, 2.75) is 32.4 Å². The van der Waals surface area contributed by atoms with Crippen LogP contribution in [0.25, 0.3) is 0 Å². The molecule has 1 aromatic heterocycles. The van der Waals surface area contributed by atoms with Gasteiger partial charge in [0.2, 0.25) is 0 Å². The molecule has 0 aliphatic heterocycles. The van der Waals surface area contributed by atoms with Crippen LogP contribution in [0.3, 0.4) is 0 Å². The third-order valence-electron chi connectivity index (χ3n) is 3.17. The van der Waals surface area contributed by atoms with Crippen LogP contribution in [-0.4, -0.2) is 11.0 Å². The van der Waals surface area contributed by atoms with E-state index in [1.807, 2.05) is 18.2 Å². The largest absolute Gasteiger partial charge is 0.307 e. The second-order valence-electron chi connectivity index (χ2n) is 4.90. The molecule has 0 amide bonds. The van der Waals surface area contributed by atoms with Crippen molar-refractivity contribution in [2.75, 3.05) is 0 Å². The fourth-order valence-corrected chi connectivity index (χ4v) is 2.25. The summed E-state index contributed by atoms with van der Waals surface area (Å²) in [5.74, 6) is -0.174. The number of hydrogen-bond acceptors (Lipinski definition) is 2. The van der Waals surface area contributed by atoms with Crippen molar-refractivity contribution in [2.24, 2.45) is 0 Å². The minimum absolute atomic E-state index is 0.174. The fraction of sp³-hybridized carbons (Fsp3) is 0.312. The van der Waals surface area contributed by atoms with E-state index in [9.17, 15) is 4.39 Å². The summed E-state index contributed by atoms with van der Waals surface area (Å²) in [5, 5.41) is 3.51. The molecule has 3 heteroatoms. The highest BCUT2D eigenvalue weighted by molar-refractivity contribution is 5.18. The van der Waals surface area contributed by atoms with Gasteiger partial charge in [0.05, 0.1) is 0 Å². The quantitative estimate of drug-likeness (QED) is 0.887. The molecule has 0 aliphatic rings. The summed E-state index contributed by atoms with van der Waals surface area (Å²) < 4.78 is 13.1. The Hall–Kier alpha value is -1.74. The Morgan fingerprint density at radius 2 is 1.89 bits per heavy atom. The molecule has 1 aromatic carbocycles. The Balaban J connectivity index is 1.92. The molecule has 2 atom stereocenters. The zero-order valence-electron chi connectivity index (χ0n) is 11.3. The van der Waals surface area contributed by atoms with Crippen molar-refractivity contribution in [3.8, 4) is 0 Å². The van der Waals surface area contributed by atoms with Gasteiger partial charge in [-0.2, -0.15) is 0 Å². The SMILES string of the molecule is CC(Cc1cccc(F)c1)N[C@@H](C)c1ccncc1. The summed E-state index contributed by atoms with van der Waals surface area (Å²) in [7, 11) is 0. The fourth-order valence-electron chi connectivity index (χ4n) is 2.25. The van der Waals surface area contributed by atoms with Gasteiger partial charge in [-0.1, -0.05) is 12.1 Å². The van der Waals surface area contributed by atoms with E-state index in [1.54, 1.807) is 24.5 Å². The van der Waals surface area contributed by atoms with E-state index in [-0.39, 0.29) is 17.9 Å². The summed E-state index contributed by atoms with van der Waals surface area (Å²) in [6, 6.07) is 11.3. The molecule has 0 bridgehead atoms. The van der Waals surface area contributed by atoms with Gasteiger partial charge in [0.15, 0.2) is 0 Å². The standard InChI is InChI=1S/C16H19FN2/c1-12(10-14-4-3-5-16(17)11-14)19-13(2)15-6-8-18-9-7-15/h3-9,11-13,19H,10H2,1-2H3/t12?,13-/m0/s1. The summed E-state index contributed by atoms with van der Waals surface area (Å²) in [6.45, 7) is 4.24. The third-order valence-corrected chi connectivity index (χ3v) is 3.17. The van der Waals surface area contributed by atoms with Gasteiger partial charge in [-0.15, -0.1) is 0 Å². The summed E-state index contributed by atoms with van der Waals surface area (Å²) >= 11 is 0. The predicted octanol–water partition coefficient (Wildman–Crippen LogP) is 3.50. The van der Waals surface area contributed by atoms with Gasteiger partial charge in [-0.25, -0.2) is 4.39 Å². The van der Waals surface area contributed by atoms with Gasteiger partial charge in [-0.05, 0) is 55.7 Å². The molecule has 0 radical (unpaired) electrons. The molecule has 1 heterocycles. The third kappa shape index (κ3) is 4.14. The average molecular weight is 258 g/mol. The van der Waals surface area contributed by atoms with Crippen molar-refractivity contribution in [1.82, 2.24) is 10.3 Å². The maximum absolute atomic E-state index is 13.1. The van der Waals surface area contributed by atoms with Gasteiger partial charge < -0.3 is 5.32 Å². The number of nitrogens with one attached hydrogen (secondary N) is 1. The van der Waals surface area contributed by atoms with Crippen LogP contribution in [0.5, 0.6) is 0 Å². The minimum Gasteiger partial charge on any atom is -0.307 e. The summed E-state index contributed by atoms with van der Waals surface area (Å²) in [4.78, 5) is 4.01. The lowest BCUT2D eigenvalue weighted by Crippen LogP contribution is -2.30. The Morgan fingerprint density at radius 3 is 2.58 bits per heavy atom. The number of aromatic nitrogens is 1. The van der Waals surface area contributed by atoms with Crippen molar-refractivity contribution >= 4 is 0 Å². The zero-order valence-corrected chi connectivity index (χ0v) is 11.3. The first-order chi connectivity index (χ1) is 9.15. The number of hydrogen-bond donors (Lipinski definition) is 1. The van der Waals surface area contributed by atoms with Crippen LogP contribution in [0.15, 0.2) is 48.8 Å². The van der Waals surface area contributed by atoms with Crippen LogP contribution >= 0.6 is 0 Å². The lowest BCUT2D eigenvalue weighted by Gasteiger charge is -2.20. The molecule has 0 spiro atoms. The van der Waals surface area contributed by atoms with E-state index >= 15 is 0 Å². The normalized spacial score (nSPS) is 14.1. The van der Waals surface area contributed by atoms with Crippen molar-refractivity contribution in [3.63, 3.8) is 0 Å². The smallest absolute Gasteiger partial charge is 0.123 e. The maximum Gasteiger partial charge on any atom is 0.123 e. The molecule has 0 saturated heterocycles. The first-order valence-corrected chi connectivity index (χ1v) is 6.55. The molecule has 2 aromatic rings. The minimum atomic E-state index is -0.174. The lowest BCUT2D eigenvalue weighted by atomic mass is 10.0. The van der Waals surface area contributed by atoms with Crippen LogP contribution < -0.4 is 5.32 Å². The van der Waals surface area contributed by atoms with Gasteiger partial charge in [0, 0.05) is 24.5 Å². The summed E-state index contributed by atoms with van der Waals surface area (Å²) in [6.07, 6.45) is 4.41. The van der Waals surface area contributed by atoms with Gasteiger partial charge in [0.1, 0.15) is 5.82 Å². The monoisotopic (exact) mass is 258 g/mol. The number of rotatable bonds is 5. The Kier molecular flexibility index (Phi) is 4.63. The maximum atomic E-state index is 13.1. The molecule has 2 nitrogen and oxygen atoms in total. The van der Waals surface area contributed by atoms with Crippen LogP contribution in [0, 0.1) is 5.82 Å². The number of benzene rings is 1. The molecule has 100 valence electrons. The molecule has 1 unspecified atom stereocenters. The van der Waals surface area contributed by atoms with E-state index in [4.69, 9.17) is 0 Å². The zero-order chi connectivity index (χ0) is 13.7. The van der Waals surface area contributed by atoms with Gasteiger partial charge >= 0.3 is 0 Å². The Bertz CT molecular complexity index is 513. The average Bonchev–Trinajstić information content (AvgIpc) is 2.39. The molecule has 0 saturated carbocycles. The van der Waals surface area contributed by atoms with Crippen molar-refractivity contribution in [1.29, 1.82) is 0 Å². The Morgan fingerprint density at radius 1 is 1.16 bits per heavy atom. The highest BCUT2D eigenvalue weighted by Gasteiger charge is 2.10. The van der Waals surface area contributed by atoms with E-state index in [1.165, 1.54) is 11.6 Å². The van der Waals surface area contributed by atoms with Crippen LogP contribution in [0.1, 0.15) is 31.0 Å². The first-order valence-electron chi connectivity index (χ1n) is 6.55. The molecule has 0 aliphatic carbocycles.